The summed E-state index contributed by atoms with van der Waals surface area (Å²) < 4.78 is 31.3. The summed E-state index contributed by atoms with van der Waals surface area (Å²) in [4.78, 5) is 2.72. The zero-order valence-electron chi connectivity index (χ0n) is 34.4. The number of hydrogen-bond donors (Lipinski definition) is 2. The molecular weight excluding hydrogens is 781 g/mol. The van der Waals surface area contributed by atoms with Gasteiger partial charge in [-0.3, -0.25) is 0 Å². The summed E-state index contributed by atoms with van der Waals surface area (Å²) in [6.07, 6.45) is 9.03. The van der Waals surface area contributed by atoms with Crippen LogP contribution in [0.3, 0.4) is 0 Å². The van der Waals surface area contributed by atoms with E-state index in [4.69, 9.17) is 23.7 Å². The van der Waals surface area contributed by atoms with Crippen LogP contribution in [0.25, 0.3) is 32.7 Å². The highest BCUT2D eigenvalue weighted by Crippen LogP contribution is 2.53. The molecule has 0 bridgehead atoms. The van der Waals surface area contributed by atoms with Crippen molar-refractivity contribution in [3.8, 4) is 45.6 Å². The average Bonchev–Trinajstić information content (AvgIpc) is 3.29. The van der Waals surface area contributed by atoms with Crippen molar-refractivity contribution in [1.82, 2.24) is 0 Å². The third kappa shape index (κ3) is 8.51. The molecule has 5 nitrogen and oxygen atoms in total. The number of rotatable bonds is 14. The van der Waals surface area contributed by atoms with Crippen molar-refractivity contribution >= 4 is 43.3 Å². The quantitative estimate of drug-likeness (QED) is 0.0844. The first-order valence-electron chi connectivity index (χ1n) is 20.4. The van der Waals surface area contributed by atoms with Gasteiger partial charge >= 0.3 is 0 Å². The third-order valence-corrected chi connectivity index (χ3v) is 13.7. The molecule has 0 amide bonds. The minimum atomic E-state index is -0.128. The van der Waals surface area contributed by atoms with E-state index in [1.165, 1.54) is 26.5 Å². The lowest BCUT2D eigenvalue weighted by atomic mass is 9.78. The Bertz CT molecular complexity index is 2580. The predicted octanol–water partition coefficient (Wildman–Crippen LogP) is 13.1. The van der Waals surface area contributed by atoms with Crippen LogP contribution < -0.4 is 23.7 Å². The third-order valence-electron chi connectivity index (χ3n) is 11.1. The molecule has 8 aromatic rings. The predicted molar refractivity (Wildman–Crippen MR) is 254 cm³/mol. The van der Waals surface area contributed by atoms with Gasteiger partial charge in [-0.1, -0.05) is 78.9 Å². The van der Waals surface area contributed by atoms with Gasteiger partial charge in [-0.25, -0.2) is 21.8 Å². The molecule has 1 aliphatic rings. The fourth-order valence-electron chi connectivity index (χ4n) is 7.99. The molecule has 0 unspecified atom stereocenters. The van der Waals surface area contributed by atoms with Gasteiger partial charge < -0.3 is 23.7 Å². The van der Waals surface area contributed by atoms with E-state index in [9.17, 15) is 0 Å². The van der Waals surface area contributed by atoms with Gasteiger partial charge in [0.1, 0.15) is 60.9 Å². The SMILES string of the molecule is C[SH](C)c1ccc(OCCOc2ccc3c4c(ccc3c2)Oc2ccc3cc(OCCOc5ccc([SH](C)C)cc5)ccc3c2C4c2ccc(-c3ccccc3)cc2)cc1. The van der Waals surface area contributed by atoms with Gasteiger partial charge in [-0.15, -0.1) is 0 Å². The largest absolute Gasteiger partial charge is 0.490 e. The molecule has 0 saturated heterocycles. The number of benzene rings is 8. The fraction of sp³-hybridized carbons (Fsp3) is 0.170. The van der Waals surface area contributed by atoms with Gasteiger partial charge in [0.05, 0.1) is 0 Å². The number of ether oxygens (including phenoxy) is 5. The smallest absolute Gasteiger partial charge is 0.132 e. The highest BCUT2D eigenvalue weighted by Gasteiger charge is 2.32. The Morgan fingerprint density at radius 3 is 1.28 bits per heavy atom. The van der Waals surface area contributed by atoms with E-state index in [0.717, 1.165) is 67.2 Å². The molecule has 0 N–H and O–H groups in total. The maximum Gasteiger partial charge on any atom is 0.132 e. The zero-order chi connectivity index (χ0) is 41.0. The molecule has 1 aliphatic heterocycles. The van der Waals surface area contributed by atoms with Crippen molar-refractivity contribution in [2.75, 3.05) is 51.5 Å². The Hall–Kier alpha value is -6.02. The van der Waals surface area contributed by atoms with E-state index in [0.29, 0.717) is 26.4 Å². The molecule has 9 rings (SSSR count). The second-order valence-electron chi connectivity index (χ2n) is 15.4. The number of fused-ring (bicyclic) bond motifs is 6. The molecular formula is C53H50O5S2. The highest BCUT2D eigenvalue weighted by atomic mass is 32.2. The summed E-state index contributed by atoms with van der Waals surface area (Å²) in [6.45, 7) is 1.80. The molecule has 0 aliphatic carbocycles. The molecule has 0 spiro atoms. The van der Waals surface area contributed by atoms with Gasteiger partial charge in [0, 0.05) is 17.0 Å². The first-order valence-corrected chi connectivity index (χ1v) is 24.9. The van der Waals surface area contributed by atoms with Gasteiger partial charge in [-0.05, 0) is 158 Å². The van der Waals surface area contributed by atoms with E-state index in [-0.39, 0.29) is 27.7 Å². The van der Waals surface area contributed by atoms with E-state index < -0.39 is 0 Å². The van der Waals surface area contributed by atoms with Crippen LogP contribution in [0.5, 0.6) is 34.5 Å². The van der Waals surface area contributed by atoms with Crippen molar-refractivity contribution in [2.45, 2.75) is 15.7 Å². The second-order valence-corrected chi connectivity index (χ2v) is 20.0. The Balaban J connectivity index is 0.995. The van der Waals surface area contributed by atoms with Crippen LogP contribution in [0.1, 0.15) is 22.6 Å². The van der Waals surface area contributed by atoms with E-state index in [1.54, 1.807) is 0 Å². The molecule has 0 radical (unpaired) electrons. The monoisotopic (exact) mass is 830 g/mol. The van der Waals surface area contributed by atoms with Crippen LogP contribution >= 0.6 is 21.8 Å². The summed E-state index contributed by atoms with van der Waals surface area (Å²) in [7, 11) is -0.255. The minimum Gasteiger partial charge on any atom is -0.490 e. The van der Waals surface area contributed by atoms with Gasteiger partial charge in [0.25, 0.3) is 0 Å². The topological polar surface area (TPSA) is 46.2 Å². The molecule has 0 fully saturated rings. The normalized spacial score (nSPS) is 12.6. The first-order chi connectivity index (χ1) is 29.4. The minimum absolute atomic E-state index is 0.0898. The Labute approximate surface area is 358 Å². The van der Waals surface area contributed by atoms with Crippen molar-refractivity contribution in [3.63, 3.8) is 0 Å². The second kappa shape index (κ2) is 17.7. The van der Waals surface area contributed by atoms with Crippen LogP contribution in [0.4, 0.5) is 0 Å². The molecule has 304 valence electrons. The van der Waals surface area contributed by atoms with E-state index in [2.05, 4.69) is 165 Å². The zero-order valence-corrected chi connectivity index (χ0v) is 36.2. The summed E-state index contributed by atoms with van der Waals surface area (Å²) in [5.41, 5.74) is 5.85. The average molecular weight is 831 g/mol. The van der Waals surface area contributed by atoms with Crippen LogP contribution in [0.15, 0.2) is 174 Å². The standard InChI is InChI=1S/C53H50O5S2/c1-59(2)45-22-16-41(17-23-45)54-30-32-56-43-20-26-47-39(34-43)14-28-49-52(47)51(38-12-10-37(11-13-38)36-8-6-5-7-9-36)53-48-27-21-44(35-40(48)15-29-50(53)58-49)57-33-31-55-42-18-24-46(25-19-42)60(3)4/h5-29,34-35,51,59-60H,30-33H2,1-4H3. The van der Waals surface area contributed by atoms with Crippen molar-refractivity contribution in [1.29, 1.82) is 0 Å². The van der Waals surface area contributed by atoms with Crippen LogP contribution in [0, 0.1) is 0 Å². The van der Waals surface area contributed by atoms with E-state index >= 15 is 0 Å². The lowest BCUT2D eigenvalue weighted by Gasteiger charge is -2.31. The lowest BCUT2D eigenvalue weighted by molar-refractivity contribution is 0.217. The lowest BCUT2D eigenvalue weighted by Crippen LogP contribution is -2.13. The Kier molecular flexibility index (Phi) is 11.6. The van der Waals surface area contributed by atoms with Crippen LogP contribution in [0.2, 0.25) is 0 Å². The van der Waals surface area contributed by atoms with Gasteiger partial charge in [-0.2, -0.15) is 0 Å². The van der Waals surface area contributed by atoms with Crippen LogP contribution in [-0.4, -0.2) is 51.5 Å². The van der Waals surface area contributed by atoms with Crippen LogP contribution in [-0.2, 0) is 0 Å². The molecule has 0 saturated carbocycles. The molecule has 7 heteroatoms. The summed E-state index contributed by atoms with van der Waals surface area (Å²) in [6, 6.07) is 57.5. The molecule has 60 heavy (non-hydrogen) atoms. The molecule has 8 aromatic carbocycles. The van der Waals surface area contributed by atoms with Gasteiger partial charge in [0.2, 0.25) is 0 Å². The molecule has 0 aromatic heterocycles. The Morgan fingerprint density at radius 1 is 0.417 bits per heavy atom. The van der Waals surface area contributed by atoms with Gasteiger partial charge in [0.15, 0.2) is 0 Å². The van der Waals surface area contributed by atoms with Crippen molar-refractivity contribution in [3.05, 3.63) is 180 Å². The molecule has 1 heterocycles. The summed E-state index contributed by atoms with van der Waals surface area (Å²) in [5.74, 6) is 4.95. The highest BCUT2D eigenvalue weighted by molar-refractivity contribution is 8.16. The first kappa shape index (κ1) is 39.4. The van der Waals surface area contributed by atoms with Crippen molar-refractivity contribution in [2.24, 2.45) is 0 Å². The summed E-state index contributed by atoms with van der Waals surface area (Å²) >= 11 is 0. The Morgan fingerprint density at radius 2 is 0.833 bits per heavy atom. The number of hydrogen-bond acceptors (Lipinski definition) is 5. The maximum absolute atomic E-state index is 6.79. The van der Waals surface area contributed by atoms with Crippen molar-refractivity contribution < 1.29 is 23.7 Å². The summed E-state index contributed by atoms with van der Waals surface area (Å²) in [5, 5.41) is 4.43. The number of thiol groups is 2. The maximum atomic E-state index is 6.79. The fourth-order valence-corrected chi connectivity index (χ4v) is 9.48. The van der Waals surface area contributed by atoms with E-state index in [1.807, 2.05) is 24.3 Å². The molecule has 0 atom stereocenters.